The molecule has 0 aliphatic carbocycles. The molecular weight excluding hydrogens is 504 g/mol. The van der Waals surface area contributed by atoms with Gasteiger partial charge in [0.1, 0.15) is 17.2 Å². The number of hydrogen-bond donors (Lipinski definition) is 1. The summed E-state index contributed by atoms with van der Waals surface area (Å²) in [4.78, 5) is 33.8. The van der Waals surface area contributed by atoms with Gasteiger partial charge >= 0.3 is 6.09 Å². The molecule has 0 atom stereocenters. The Hall–Kier alpha value is -3.98. The van der Waals surface area contributed by atoms with E-state index in [1.165, 1.54) is 5.56 Å². The third-order valence-electron chi connectivity index (χ3n) is 6.81. The maximum Gasteiger partial charge on any atom is 0.410 e. The van der Waals surface area contributed by atoms with Crippen molar-refractivity contribution in [2.45, 2.75) is 53.2 Å². The number of hydrogen-bond acceptors (Lipinski definition) is 7. The van der Waals surface area contributed by atoms with Gasteiger partial charge < -0.3 is 19.4 Å². The van der Waals surface area contributed by atoms with Crippen molar-refractivity contribution in [2.24, 2.45) is 0 Å². The normalized spacial score (nSPS) is 14.5. The lowest BCUT2D eigenvalue weighted by molar-refractivity contribution is 0.0139. The standard InChI is InChI=1S/C31H38N6O3/c1-6-39-28-19-33-21(2)15-25(28)23-7-8-26-27(17-23)35-29(34-26)18-24-16-22(9-10-32-24)20-36-11-13-37(14-12-36)30(38)40-31(3,4)5/h7-10,15-17,19H,6,11-14,18,20H2,1-5H3,(H,34,35). The van der Waals surface area contributed by atoms with Crippen molar-refractivity contribution in [1.29, 1.82) is 0 Å². The lowest BCUT2D eigenvalue weighted by Crippen LogP contribution is -2.49. The summed E-state index contributed by atoms with van der Waals surface area (Å²) in [5.41, 5.74) is 6.61. The zero-order valence-corrected chi connectivity index (χ0v) is 24.0. The van der Waals surface area contributed by atoms with Gasteiger partial charge in [0, 0.05) is 62.3 Å². The number of nitrogens with one attached hydrogen (secondary N) is 1. The van der Waals surface area contributed by atoms with Crippen LogP contribution in [-0.4, -0.2) is 74.2 Å². The minimum atomic E-state index is -0.477. The predicted octanol–water partition coefficient (Wildman–Crippen LogP) is 5.37. The van der Waals surface area contributed by atoms with E-state index in [0.717, 1.165) is 64.8 Å². The minimum absolute atomic E-state index is 0.234. The molecule has 40 heavy (non-hydrogen) atoms. The molecule has 4 aromatic rings. The summed E-state index contributed by atoms with van der Waals surface area (Å²) in [5, 5.41) is 0. The molecule has 0 spiro atoms. The molecule has 1 amide bonds. The van der Waals surface area contributed by atoms with E-state index in [2.05, 4.69) is 50.2 Å². The summed E-state index contributed by atoms with van der Waals surface area (Å²) in [5.74, 6) is 1.65. The second kappa shape index (κ2) is 11.6. The van der Waals surface area contributed by atoms with E-state index in [0.29, 0.717) is 26.1 Å². The van der Waals surface area contributed by atoms with Crippen LogP contribution in [0, 0.1) is 6.92 Å². The first-order valence-electron chi connectivity index (χ1n) is 13.9. The van der Waals surface area contributed by atoms with E-state index in [-0.39, 0.29) is 6.09 Å². The SMILES string of the molecule is CCOc1cnc(C)cc1-c1ccc2nc(Cc3cc(CN4CCN(C(=O)OC(C)(C)C)CC4)ccn3)[nH]c2c1. The fourth-order valence-electron chi connectivity index (χ4n) is 4.93. The van der Waals surface area contributed by atoms with Gasteiger partial charge in [-0.05, 0) is 76.1 Å². The zero-order valence-electron chi connectivity index (χ0n) is 24.0. The summed E-state index contributed by atoms with van der Waals surface area (Å²) in [6.07, 6.45) is 4.03. The molecule has 1 saturated heterocycles. The zero-order chi connectivity index (χ0) is 28.3. The van der Waals surface area contributed by atoms with Crippen molar-refractivity contribution in [1.82, 2.24) is 29.7 Å². The first-order valence-corrected chi connectivity index (χ1v) is 13.9. The van der Waals surface area contributed by atoms with Crippen LogP contribution in [0.1, 0.15) is 50.5 Å². The van der Waals surface area contributed by atoms with Crippen molar-refractivity contribution >= 4 is 17.1 Å². The molecule has 1 aromatic carbocycles. The van der Waals surface area contributed by atoms with Crippen LogP contribution in [0.2, 0.25) is 0 Å². The fraction of sp³-hybridized carbons (Fsp3) is 0.419. The third-order valence-corrected chi connectivity index (χ3v) is 6.81. The van der Waals surface area contributed by atoms with E-state index in [4.69, 9.17) is 14.5 Å². The smallest absolute Gasteiger partial charge is 0.410 e. The fourth-order valence-corrected chi connectivity index (χ4v) is 4.93. The number of rotatable bonds is 7. The van der Waals surface area contributed by atoms with Gasteiger partial charge in [-0.3, -0.25) is 14.9 Å². The number of aromatic amines is 1. The molecule has 5 rings (SSSR count). The Balaban J connectivity index is 1.24. The van der Waals surface area contributed by atoms with Crippen LogP contribution < -0.4 is 4.74 Å². The molecule has 0 saturated carbocycles. The molecule has 1 aliphatic heterocycles. The van der Waals surface area contributed by atoms with Crippen molar-refractivity contribution < 1.29 is 14.3 Å². The molecule has 0 radical (unpaired) electrons. The first kappa shape index (κ1) is 27.6. The molecular formula is C31H38N6O3. The van der Waals surface area contributed by atoms with Gasteiger partial charge in [-0.25, -0.2) is 9.78 Å². The average Bonchev–Trinajstić information content (AvgIpc) is 3.31. The van der Waals surface area contributed by atoms with Crippen molar-refractivity contribution in [3.05, 3.63) is 71.6 Å². The van der Waals surface area contributed by atoms with Gasteiger partial charge in [-0.1, -0.05) is 6.07 Å². The first-order chi connectivity index (χ1) is 19.2. The Morgan fingerprint density at radius 1 is 1.05 bits per heavy atom. The van der Waals surface area contributed by atoms with Gasteiger partial charge in [0.15, 0.2) is 0 Å². The Kier molecular flexibility index (Phi) is 8.02. The number of benzene rings is 1. The summed E-state index contributed by atoms with van der Waals surface area (Å²) >= 11 is 0. The van der Waals surface area contributed by atoms with Gasteiger partial charge in [-0.2, -0.15) is 0 Å². The lowest BCUT2D eigenvalue weighted by Gasteiger charge is -2.35. The minimum Gasteiger partial charge on any atom is -0.492 e. The Labute approximate surface area is 235 Å². The Bertz CT molecular complexity index is 1480. The van der Waals surface area contributed by atoms with Crippen LogP contribution in [0.25, 0.3) is 22.2 Å². The average molecular weight is 543 g/mol. The molecule has 1 fully saturated rings. The van der Waals surface area contributed by atoms with Gasteiger partial charge in [0.25, 0.3) is 0 Å². The van der Waals surface area contributed by atoms with Crippen LogP contribution in [0.3, 0.4) is 0 Å². The molecule has 0 bridgehead atoms. The largest absolute Gasteiger partial charge is 0.492 e. The molecule has 1 aliphatic rings. The number of carbonyl (C=O) groups excluding carboxylic acids is 1. The summed E-state index contributed by atoms with van der Waals surface area (Å²) in [6, 6.07) is 12.5. The van der Waals surface area contributed by atoms with Crippen LogP contribution in [0.5, 0.6) is 5.75 Å². The number of amides is 1. The number of nitrogens with zero attached hydrogens (tertiary/aromatic N) is 5. The molecule has 9 nitrogen and oxygen atoms in total. The molecule has 1 N–H and O–H groups in total. The quantitative estimate of drug-likeness (QED) is 0.335. The van der Waals surface area contributed by atoms with Crippen LogP contribution in [-0.2, 0) is 17.7 Å². The number of aryl methyl sites for hydroxylation is 1. The van der Waals surface area contributed by atoms with E-state index >= 15 is 0 Å². The number of imidazole rings is 1. The number of aromatic nitrogens is 4. The van der Waals surface area contributed by atoms with Gasteiger partial charge in [0.05, 0.1) is 23.8 Å². The van der Waals surface area contributed by atoms with Crippen LogP contribution in [0.15, 0.2) is 48.8 Å². The van der Waals surface area contributed by atoms with Gasteiger partial charge in [0.2, 0.25) is 0 Å². The molecule has 3 aromatic heterocycles. The predicted molar refractivity (Wildman–Crippen MR) is 155 cm³/mol. The molecule has 0 unspecified atom stereocenters. The second-order valence-electron chi connectivity index (χ2n) is 11.2. The van der Waals surface area contributed by atoms with E-state index in [1.54, 1.807) is 11.1 Å². The van der Waals surface area contributed by atoms with Crippen molar-refractivity contribution in [3.8, 4) is 16.9 Å². The molecule has 4 heterocycles. The number of ether oxygens (including phenoxy) is 2. The Morgan fingerprint density at radius 3 is 2.60 bits per heavy atom. The van der Waals surface area contributed by atoms with E-state index < -0.39 is 5.60 Å². The highest BCUT2D eigenvalue weighted by atomic mass is 16.6. The second-order valence-corrected chi connectivity index (χ2v) is 11.2. The highest BCUT2D eigenvalue weighted by Crippen LogP contribution is 2.32. The maximum absolute atomic E-state index is 12.4. The summed E-state index contributed by atoms with van der Waals surface area (Å²) in [6.45, 7) is 14.0. The maximum atomic E-state index is 12.4. The highest BCUT2D eigenvalue weighted by Gasteiger charge is 2.26. The summed E-state index contributed by atoms with van der Waals surface area (Å²) < 4.78 is 11.3. The number of H-pyrrole nitrogens is 1. The van der Waals surface area contributed by atoms with Crippen LogP contribution in [0.4, 0.5) is 4.79 Å². The number of piperazine rings is 1. The molecule has 210 valence electrons. The van der Waals surface area contributed by atoms with E-state index in [9.17, 15) is 4.79 Å². The number of pyridine rings is 2. The Morgan fingerprint density at radius 2 is 1.85 bits per heavy atom. The van der Waals surface area contributed by atoms with E-state index in [1.807, 2.05) is 46.9 Å². The number of fused-ring (bicyclic) bond motifs is 1. The topological polar surface area (TPSA) is 96.5 Å². The third kappa shape index (κ3) is 6.77. The number of carbonyl (C=O) groups is 1. The summed E-state index contributed by atoms with van der Waals surface area (Å²) in [7, 11) is 0. The van der Waals surface area contributed by atoms with Crippen molar-refractivity contribution in [2.75, 3.05) is 32.8 Å². The van der Waals surface area contributed by atoms with Crippen LogP contribution >= 0.6 is 0 Å². The van der Waals surface area contributed by atoms with Crippen molar-refractivity contribution in [3.63, 3.8) is 0 Å². The van der Waals surface area contributed by atoms with Gasteiger partial charge in [-0.15, -0.1) is 0 Å². The highest BCUT2D eigenvalue weighted by molar-refractivity contribution is 5.83. The lowest BCUT2D eigenvalue weighted by atomic mass is 10.0. The molecule has 9 heteroatoms. The monoisotopic (exact) mass is 542 g/mol.